The monoisotopic (exact) mass is 271 g/mol. The molecule has 17 heavy (non-hydrogen) atoms. The number of aliphatic carboxylic acids is 1. The number of halogens is 1. The molecule has 5 heteroatoms. The van der Waals surface area contributed by atoms with Gasteiger partial charge in [0.25, 0.3) is 0 Å². The second-order valence-electron chi connectivity index (χ2n) is 4.03. The van der Waals surface area contributed by atoms with E-state index in [1.807, 2.05) is 29.2 Å². The van der Waals surface area contributed by atoms with Gasteiger partial charge in [-0.1, -0.05) is 23.7 Å². The SMILES string of the molecule is O=C(O)C1CSCCN1Cc1cccc(Cl)c1. The maximum atomic E-state index is 11.1. The van der Waals surface area contributed by atoms with Crippen molar-refractivity contribution in [2.24, 2.45) is 0 Å². The fourth-order valence-electron chi connectivity index (χ4n) is 1.92. The van der Waals surface area contributed by atoms with E-state index in [1.165, 1.54) is 0 Å². The van der Waals surface area contributed by atoms with Gasteiger partial charge >= 0.3 is 5.97 Å². The minimum absolute atomic E-state index is 0.382. The van der Waals surface area contributed by atoms with Crippen molar-refractivity contribution in [1.29, 1.82) is 0 Å². The van der Waals surface area contributed by atoms with Crippen LogP contribution in [0.1, 0.15) is 5.56 Å². The quantitative estimate of drug-likeness (QED) is 0.916. The molecule has 1 heterocycles. The molecule has 3 nitrogen and oxygen atoms in total. The Bertz CT molecular complexity index is 413. The predicted molar refractivity (Wildman–Crippen MR) is 70.6 cm³/mol. The van der Waals surface area contributed by atoms with E-state index in [9.17, 15) is 4.79 Å². The summed E-state index contributed by atoms with van der Waals surface area (Å²) < 4.78 is 0. The van der Waals surface area contributed by atoms with Crippen molar-refractivity contribution < 1.29 is 9.90 Å². The molecule has 1 fully saturated rings. The molecule has 0 saturated carbocycles. The topological polar surface area (TPSA) is 40.5 Å². The third-order valence-corrected chi connectivity index (χ3v) is 4.06. The van der Waals surface area contributed by atoms with Crippen molar-refractivity contribution >= 4 is 29.3 Å². The highest BCUT2D eigenvalue weighted by molar-refractivity contribution is 7.99. The second kappa shape index (κ2) is 5.76. The van der Waals surface area contributed by atoms with Gasteiger partial charge in [-0.2, -0.15) is 11.8 Å². The molecule has 1 aliphatic rings. The molecule has 0 bridgehead atoms. The molecule has 0 aliphatic carbocycles. The van der Waals surface area contributed by atoms with E-state index in [0.29, 0.717) is 17.3 Å². The number of carboxylic acids is 1. The molecule has 92 valence electrons. The van der Waals surface area contributed by atoms with E-state index in [2.05, 4.69) is 0 Å². The third-order valence-electron chi connectivity index (χ3n) is 2.80. The Balaban J connectivity index is 2.08. The molecule has 1 aromatic carbocycles. The maximum absolute atomic E-state index is 11.1. The van der Waals surface area contributed by atoms with Crippen molar-refractivity contribution in [3.05, 3.63) is 34.9 Å². The molecule has 0 amide bonds. The third kappa shape index (κ3) is 3.37. The van der Waals surface area contributed by atoms with E-state index < -0.39 is 5.97 Å². The summed E-state index contributed by atoms with van der Waals surface area (Å²) in [5.74, 6) is 0.916. The van der Waals surface area contributed by atoms with Crippen LogP contribution in [-0.4, -0.2) is 40.1 Å². The highest BCUT2D eigenvalue weighted by Gasteiger charge is 2.28. The van der Waals surface area contributed by atoms with E-state index in [4.69, 9.17) is 16.7 Å². The predicted octanol–water partition coefficient (Wildman–Crippen LogP) is 2.34. The van der Waals surface area contributed by atoms with Gasteiger partial charge in [-0.3, -0.25) is 9.69 Å². The van der Waals surface area contributed by atoms with Crippen LogP contribution < -0.4 is 0 Å². The van der Waals surface area contributed by atoms with E-state index in [1.54, 1.807) is 11.8 Å². The van der Waals surface area contributed by atoms with Crippen molar-refractivity contribution in [1.82, 2.24) is 4.90 Å². The number of carboxylic acid groups (broad SMARTS) is 1. The standard InChI is InChI=1S/C12H14ClNO2S/c13-10-3-1-2-9(6-10)7-14-4-5-17-8-11(14)12(15)16/h1-3,6,11H,4-5,7-8H2,(H,15,16). The van der Waals surface area contributed by atoms with Crippen LogP contribution in [0.3, 0.4) is 0 Å². The van der Waals surface area contributed by atoms with Crippen LogP contribution in [0.15, 0.2) is 24.3 Å². The lowest BCUT2D eigenvalue weighted by Crippen LogP contribution is -2.46. The lowest BCUT2D eigenvalue weighted by atomic mass is 10.2. The Hall–Kier alpha value is -0.710. The zero-order valence-corrected chi connectivity index (χ0v) is 10.9. The van der Waals surface area contributed by atoms with Gasteiger partial charge < -0.3 is 5.11 Å². The van der Waals surface area contributed by atoms with Gasteiger partial charge in [0.15, 0.2) is 0 Å². The van der Waals surface area contributed by atoms with Crippen molar-refractivity contribution in [2.75, 3.05) is 18.1 Å². The Morgan fingerprint density at radius 1 is 1.59 bits per heavy atom. The van der Waals surface area contributed by atoms with Crippen LogP contribution in [0.25, 0.3) is 0 Å². The Morgan fingerprint density at radius 2 is 2.41 bits per heavy atom. The molecular formula is C12H14ClNO2S. The van der Waals surface area contributed by atoms with Gasteiger partial charge in [0, 0.05) is 29.6 Å². The second-order valence-corrected chi connectivity index (χ2v) is 5.62. The van der Waals surface area contributed by atoms with Gasteiger partial charge in [-0.05, 0) is 17.7 Å². The largest absolute Gasteiger partial charge is 0.480 e. The molecule has 1 aromatic rings. The zero-order valence-electron chi connectivity index (χ0n) is 9.30. The number of thioether (sulfide) groups is 1. The van der Waals surface area contributed by atoms with Gasteiger partial charge in [0.1, 0.15) is 6.04 Å². The molecule has 1 unspecified atom stereocenters. The summed E-state index contributed by atoms with van der Waals surface area (Å²) in [6.07, 6.45) is 0. The smallest absolute Gasteiger partial charge is 0.321 e. The Labute approximate surface area is 110 Å². The summed E-state index contributed by atoms with van der Waals surface area (Å²) in [6.45, 7) is 1.46. The molecule has 1 atom stereocenters. The summed E-state index contributed by atoms with van der Waals surface area (Å²) in [5, 5.41) is 9.86. The number of hydrogen-bond donors (Lipinski definition) is 1. The molecule has 1 saturated heterocycles. The molecule has 0 spiro atoms. The number of carbonyl (C=O) groups is 1. The van der Waals surface area contributed by atoms with Crippen LogP contribution in [0.2, 0.25) is 5.02 Å². The van der Waals surface area contributed by atoms with Crippen LogP contribution in [-0.2, 0) is 11.3 Å². The van der Waals surface area contributed by atoms with E-state index in [0.717, 1.165) is 17.9 Å². The van der Waals surface area contributed by atoms with Crippen molar-refractivity contribution in [3.63, 3.8) is 0 Å². The number of benzene rings is 1. The molecule has 0 radical (unpaired) electrons. The average molecular weight is 272 g/mol. The number of hydrogen-bond acceptors (Lipinski definition) is 3. The summed E-state index contributed by atoms with van der Waals surface area (Å²) in [6, 6.07) is 7.21. The molecular weight excluding hydrogens is 258 g/mol. The fraction of sp³-hybridized carbons (Fsp3) is 0.417. The van der Waals surface area contributed by atoms with Crippen molar-refractivity contribution in [2.45, 2.75) is 12.6 Å². The van der Waals surface area contributed by atoms with Crippen molar-refractivity contribution in [3.8, 4) is 0 Å². The minimum Gasteiger partial charge on any atom is -0.480 e. The molecule has 1 N–H and O–H groups in total. The summed E-state index contributed by atoms with van der Waals surface area (Å²) in [5.41, 5.74) is 1.07. The first-order valence-electron chi connectivity index (χ1n) is 5.46. The fourth-order valence-corrected chi connectivity index (χ4v) is 3.24. The molecule has 2 rings (SSSR count). The van der Waals surface area contributed by atoms with Gasteiger partial charge in [-0.25, -0.2) is 0 Å². The molecule has 1 aliphatic heterocycles. The van der Waals surface area contributed by atoms with E-state index >= 15 is 0 Å². The van der Waals surface area contributed by atoms with Gasteiger partial charge in [0.05, 0.1) is 0 Å². The number of nitrogens with zero attached hydrogens (tertiary/aromatic N) is 1. The van der Waals surface area contributed by atoms with Crippen LogP contribution in [0.5, 0.6) is 0 Å². The maximum Gasteiger partial charge on any atom is 0.321 e. The summed E-state index contributed by atoms with van der Waals surface area (Å²) in [4.78, 5) is 13.1. The minimum atomic E-state index is -0.737. The highest BCUT2D eigenvalue weighted by Crippen LogP contribution is 2.20. The first-order valence-corrected chi connectivity index (χ1v) is 6.99. The normalized spacial score (nSPS) is 21.4. The van der Waals surface area contributed by atoms with Crippen LogP contribution in [0, 0.1) is 0 Å². The van der Waals surface area contributed by atoms with E-state index in [-0.39, 0.29) is 6.04 Å². The first kappa shape index (κ1) is 12.7. The lowest BCUT2D eigenvalue weighted by molar-refractivity contribution is -0.142. The molecule has 0 aromatic heterocycles. The number of rotatable bonds is 3. The zero-order chi connectivity index (χ0) is 12.3. The first-order chi connectivity index (χ1) is 8.16. The Morgan fingerprint density at radius 3 is 3.12 bits per heavy atom. The average Bonchev–Trinajstić information content (AvgIpc) is 2.29. The Kier molecular flexibility index (Phi) is 4.31. The summed E-state index contributed by atoms with van der Waals surface area (Å²) >= 11 is 7.62. The lowest BCUT2D eigenvalue weighted by Gasteiger charge is -2.32. The highest BCUT2D eigenvalue weighted by atomic mass is 35.5. The summed E-state index contributed by atoms with van der Waals surface area (Å²) in [7, 11) is 0. The van der Waals surface area contributed by atoms with Crippen LogP contribution in [0.4, 0.5) is 0 Å². The van der Waals surface area contributed by atoms with Gasteiger partial charge in [-0.15, -0.1) is 0 Å². The van der Waals surface area contributed by atoms with Gasteiger partial charge in [0.2, 0.25) is 0 Å². The van der Waals surface area contributed by atoms with Crippen LogP contribution >= 0.6 is 23.4 Å².